The number of nitrogen functional groups attached to an aromatic ring is 1. The van der Waals surface area contributed by atoms with Crippen molar-refractivity contribution in [3.63, 3.8) is 0 Å². The molecule has 0 aliphatic carbocycles. The number of hydrogen-bond acceptors (Lipinski definition) is 6. The lowest BCUT2D eigenvalue weighted by atomic mass is 10.2. The molecular weight excluding hydrogens is 462 g/mol. The molecule has 2 aromatic heterocycles. The van der Waals surface area contributed by atoms with Crippen LogP contribution in [-0.2, 0) is 16.4 Å². The molecule has 0 aliphatic rings. The van der Waals surface area contributed by atoms with Crippen LogP contribution >= 0.6 is 0 Å². The number of aryl methyl sites for hydroxylation is 3. The highest BCUT2D eigenvalue weighted by molar-refractivity contribution is 7.91. The SMILES string of the molecule is CCCCN(C)C(=O)c1ccc(S(=O)(=O)CCCn2c(C(C)C)nc3c(N)nc(C)c(C)c32)cc1. The van der Waals surface area contributed by atoms with E-state index in [1.807, 2.05) is 13.8 Å². The van der Waals surface area contributed by atoms with E-state index in [4.69, 9.17) is 10.7 Å². The number of amides is 1. The molecular formula is C26H37N5O3S. The molecule has 3 aromatic rings. The number of fused-ring (bicyclic) bond motifs is 1. The smallest absolute Gasteiger partial charge is 0.253 e. The molecule has 35 heavy (non-hydrogen) atoms. The number of carbonyl (C=O) groups is 1. The van der Waals surface area contributed by atoms with E-state index in [-0.39, 0.29) is 22.5 Å². The molecule has 2 N–H and O–H groups in total. The lowest BCUT2D eigenvalue weighted by Crippen LogP contribution is -2.27. The number of nitrogens with zero attached hydrogens (tertiary/aromatic N) is 4. The van der Waals surface area contributed by atoms with Crippen LogP contribution in [0.3, 0.4) is 0 Å². The van der Waals surface area contributed by atoms with Crippen LogP contribution in [0.15, 0.2) is 29.2 Å². The van der Waals surface area contributed by atoms with Gasteiger partial charge in [-0.2, -0.15) is 0 Å². The van der Waals surface area contributed by atoms with Crippen LogP contribution in [0.1, 0.15) is 73.4 Å². The normalized spacial score (nSPS) is 12.0. The van der Waals surface area contributed by atoms with Crippen LogP contribution in [0, 0.1) is 13.8 Å². The van der Waals surface area contributed by atoms with E-state index in [0.29, 0.717) is 36.4 Å². The van der Waals surface area contributed by atoms with Gasteiger partial charge in [-0.1, -0.05) is 27.2 Å². The first-order valence-electron chi connectivity index (χ1n) is 12.2. The number of pyridine rings is 1. The lowest BCUT2D eigenvalue weighted by molar-refractivity contribution is 0.0793. The van der Waals surface area contributed by atoms with Crippen LogP contribution in [0.25, 0.3) is 11.0 Å². The van der Waals surface area contributed by atoms with Gasteiger partial charge in [0.25, 0.3) is 5.91 Å². The number of sulfone groups is 1. The van der Waals surface area contributed by atoms with E-state index in [1.54, 1.807) is 24.1 Å². The Hall–Kier alpha value is -2.94. The Balaban J connectivity index is 1.77. The number of anilines is 1. The summed E-state index contributed by atoms with van der Waals surface area (Å²) in [6, 6.07) is 6.25. The van der Waals surface area contributed by atoms with Crippen LogP contribution in [0.5, 0.6) is 0 Å². The Labute approximate surface area is 208 Å². The summed E-state index contributed by atoms with van der Waals surface area (Å²) in [6.07, 6.45) is 2.36. The van der Waals surface area contributed by atoms with Crippen molar-refractivity contribution >= 4 is 32.6 Å². The Kier molecular flexibility index (Phi) is 8.20. The average molecular weight is 500 g/mol. The van der Waals surface area contributed by atoms with Gasteiger partial charge in [0.15, 0.2) is 15.7 Å². The minimum absolute atomic E-state index is 0.00744. The molecule has 1 aromatic carbocycles. The maximum absolute atomic E-state index is 13.0. The van der Waals surface area contributed by atoms with Crippen molar-refractivity contribution in [2.45, 2.75) is 71.2 Å². The Morgan fingerprint density at radius 1 is 1.11 bits per heavy atom. The molecule has 0 saturated heterocycles. The maximum atomic E-state index is 13.0. The first kappa shape index (κ1) is 26.7. The van der Waals surface area contributed by atoms with Crippen molar-refractivity contribution in [3.05, 3.63) is 46.9 Å². The molecule has 0 fully saturated rings. The predicted octanol–water partition coefficient (Wildman–Crippen LogP) is 4.49. The van der Waals surface area contributed by atoms with Gasteiger partial charge in [0.1, 0.15) is 11.3 Å². The van der Waals surface area contributed by atoms with Gasteiger partial charge in [0.2, 0.25) is 0 Å². The highest BCUT2D eigenvalue weighted by atomic mass is 32.2. The van der Waals surface area contributed by atoms with Gasteiger partial charge in [-0.3, -0.25) is 4.79 Å². The van der Waals surface area contributed by atoms with Gasteiger partial charge in [0.05, 0.1) is 16.2 Å². The minimum Gasteiger partial charge on any atom is -0.382 e. The van der Waals surface area contributed by atoms with Gasteiger partial charge in [-0.05, 0) is 56.5 Å². The molecule has 1 amide bonds. The van der Waals surface area contributed by atoms with E-state index in [1.165, 1.54) is 12.1 Å². The lowest BCUT2D eigenvalue weighted by Gasteiger charge is -2.17. The van der Waals surface area contributed by atoms with Gasteiger partial charge in [-0.25, -0.2) is 18.4 Å². The third-order valence-corrected chi connectivity index (χ3v) is 8.21. The summed E-state index contributed by atoms with van der Waals surface area (Å²) in [5.74, 6) is 1.31. The minimum atomic E-state index is -3.50. The zero-order chi connectivity index (χ0) is 25.9. The number of hydrogen-bond donors (Lipinski definition) is 1. The fourth-order valence-corrected chi connectivity index (χ4v) is 5.53. The number of imidazole rings is 1. The number of nitrogens with two attached hydrogens (primary N) is 1. The third-order valence-electron chi connectivity index (χ3n) is 6.39. The largest absolute Gasteiger partial charge is 0.382 e. The second-order valence-electron chi connectivity index (χ2n) is 9.46. The summed E-state index contributed by atoms with van der Waals surface area (Å²) in [5, 5.41) is 0. The van der Waals surface area contributed by atoms with E-state index in [2.05, 4.69) is 30.3 Å². The molecule has 190 valence electrons. The maximum Gasteiger partial charge on any atom is 0.253 e. The van der Waals surface area contributed by atoms with Gasteiger partial charge >= 0.3 is 0 Å². The zero-order valence-electron chi connectivity index (χ0n) is 21.6. The van der Waals surface area contributed by atoms with E-state index >= 15 is 0 Å². The molecule has 0 unspecified atom stereocenters. The molecule has 0 spiro atoms. The first-order chi connectivity index (χ1) is 16.5. The van der Waals surface area contributed by atoms with Crippen molar-refractivity contribution in [3.8, 4) is 0 Å². The second-order valence-corrected chi connectivity index (χ2v) is 11.6. The fourth-order valence-electron chi connectivity index (χ4n) is 4.24. The summed E-state index contributed by atoms with van der Waals surface area (Å²) in [5.41, 5.74) is 10.1. The summed E-state index contributed by atoms with van der Waals surface area (Å²) in [7, 11) is -1.73. The van der Waals surface area contributed by atoms with E-state index in [9.17, 15) is 13.2 Å². The standard InChI is InChI=1S/C26H37N5O3S/c1-7-8-14-30(6)26(32)20-10-12-21(13-11-20)35(33,34)16-9-15-31-23-18(4)19(5)28-24(27)22(23)29-25(31)17(2)3/h10-13,17H,7-9,14-16H2,1-6H3,(H2,27,28). The molecule has 0 saturated carbocycles. The summed E-state index contributed by atoms with van der Waals surface area (Å²) < 4.78 is 28.1. The summed E-state index contributed by atoms with van der Waals surface area (Å²) in [4.78, 5) is 23.6. The van der Waals surface area contributed by atoms with Crippen LogP contribution in [-0.4, -0.2) is 53.1 Å². The van der Waals surface area contributed by atoms with Crippen molar-refractivity contribution < 1.29 is 13.2 Å². The monoisotopic (exact) mass is 499 g/mol. The number of carbonyl (C=O) groups excluding carboxylic acids is 1. The van der Waals surface area contributed by atoms with Crippen LogP contribution in [0.2, 0.25) is 0 Å². The fraction of sp³-hybridized carbons (Fsp3) is 0.500. The molecule has 0 aliphatic heterocycles. The summed E-state index contributed by atoms with van der Waals surface area (Å²) >= 11 is 0. The van der Waals surface area contributed by atoms with E-state index < -0.39 is 9.84 Å². The third kappa shape index (κ3) is 5.66. The highest BCUT2D eigenvalue weighted by Crippen LogP contribution is 2.29. The van der Waals surface area contributed by atoms with Gasteiger partial charge in [-0.15, -0.1) is 0 Å². The van der Waals surface area contributed by atoms with E-state index in [0.717, 1.165) is 35.4 Å². The van der Waals surface area contributed by atoms with Crippen molar-refractivity contribution in [1.82, 2.24) is 19.4 Å². The molecule has 8 nitrogen and oxygen atoms in total. The molecule has 0 bridgehead atoms. The Morgan fingerprint density at radius 3 is 2.37 bits per heavy atom. The predicted molar refractivity (Wildman–Crippen MR) is 140 cm³/mol. The van der Waals surface area contributed by atoms with Crippen molar-refractivity contribution in [2.75, 3.05) is 25.1 Å². The second kappa shape index (κ2) is 10.8. The molecule has 0 radical (unpaired) electrons. The molecule has 0 atom stereocenters. The van der Waals surface area contributed by atoms with Gasteiger partial charge in [0, 0.05) is 37.3 Å². The highest BCUT2D eigenvalue weighted by Gasteiger charge is 2.21. The molecule has 2 heterocycles. The topological polar surface area (TPSA) is 111 Å². The van der Waals surface area contributed by atoms with Gasteiger partial charge < -0.3 is 15.2 Å². The number of benzene rings is 1. The number of unbranched alkanes of at least 4 members (excludes halogenated alkanes) is 1. The number of rotatable bonds is 10. The van der Waals surface area contributed by atoms with Crippen LogP contribution < -0.4 is 5.73 Å². The molecule has 9 heteroatoms. The van der Waals surface area contributed by atoms with Crippen LogP contribution in [0.4, 0.5) is 5.82 Å². The average Bonchev–Trinajstić information content (AvgIpc) is 3.21. The number of aromatic nitrogens is 3. The molecule has 3 rings (SSSR count). The first-order valence-corrected chi connectivity index (χ1v) is 13.8. The summed E-state index contributed by atoms with van der Waals surface area (Å²) in [6.45, 7) is 11.3. The van der Waals surface area contributed by atoms with Crippen molar-refractivity contribution in [2.24, 2.45) is 0 Å². The Morgan fingerprint density at radius 2 is 1.77 bits per heavy atom. The Bertz CT molecular complexity index is 1310. The van der Waals surface area contributed by atoms with Crippen molar-refractivity contribution in [1.29, 1.82) is 0 Å². The quantitative estimate of drug-likeness (QED) is 0.440. The zero-order valence-corrected chi connectivity index (χ0v) is 22.4.